The van der Waals surface area contributed by atoms with Crippen LogP contribution in [0.5, 0.6) is 0 Å². The van der Waals surface area contributed by atoms with Crippen molar-refractivity contribution in [3.63, 3.8) is 0 Å². The van der Waals surface area contributed by atoms with Gasteiger partial charge < -0.3 is 15.3 Å². The van der Waals surface area contributed by atoms with Crippen molar-refractivity contribution < 1.29 is 14.7 Å². The van der Waals surface area contributed by atoms with Crippen LogP contribution in [0.25, 0.3) is 0 Å². The number of carboxylic acid groups (broad SMARTS) is 1. The predicted molar refractivity (Wildman–Crippen MR) is 69.7 cm³/mol. The van der Waals surface area contributed by atoms with Crippen molar-refractivity contribution in [1.29, 1.82) is 0 Å². The Hall–Kier alpha value is -1.26. The van der Waals surface area contributed by atoms with Crippen molar-refractivity contribution in [3.05, 3.63) is 0 Å². The van der Waals surface area contributed by atoms with Crippen LogP contribution < -0.4 is 5.32 Å². The van der Waals surface area contributed by atoms with Gasteiger partial charge in [0.2, 0.25) is 0 Å². The highest BCUT2D eigenvalue weighted by Crippen LogP contribution is 2.47. The third-order valence-corrected chi connectivity index (χ3v) is 5.11. The summed E-state index contributed by atoms with van der Waals surface area (Å²) in [5.74, 6) is 1.80. The molecule has 0 aromatic rings. The number of urea groups is 1. The zero-order chi connectivity index (χ0) is 13.4. The standard InChI is InChI=1S/C14H22N2O3/c17-13(18)5-10-7-16(8-10)14(19)15-6-12-4-9-1-2-11(12)3-9/h9-12H,1-8H2,(H,15,19)(H,17,18). The molecule has 2 N–H and O–H groups in total. The molecule has 3 fully saturated rings. The van der Waals surface area contributed by atoms with E-state index in [4.69, 9.17) is 5.11 Å². The Bertz CT molecular complexity index is 379. The molecular weight excluding hydrogens is 244 g/mol. The maximum Gasteiger partial charge on any atom is 0.317 e. The summed E-state index contributed by atoms with van der Waals surface area (Å²) in [5.41, 5.74) is 0. The first-order valence-electron chi connectivity index (χ1n) is 7.36. The first kappa shape index (κ1) is 12.8. The lowest BCUT2D eigenvalue weighted by molar-refractivity contribution is -0.139. The van der Waals surface area contributed by atoms with Gasteiger partial charge in [0, 0.05) is 25.6 Å². The average molecular weight is 266 g/mol. The van der Waals surface area contributed by atoms with Crippen molar-refractivity contribution in [3.8, 4) is 0 Å². The topological polar surface area (TPSA) is 69.6 Å². The summed E-state index contributed by atoms with van der Waals surface area (Å²) in [6.07, 6.45) is 5.56. The van der Waals surface area contributed by atoms with Crippen LogP contribution in [-0.2, 0) is 4.79 Å². The van der Waals surface area contributed by atoms with Crippen LogP contribution in [0.15, 0.2) is 0 Å². The molecule has 3 atom stereocenters. The molecule has 19 heavy (non-hydrogen) atoms. The Kier molecular flexibility index (Phi) is 3.37. The third kappa shape index (κ3) is 2.69. The van der Waals surface area contributed by atoms with E-state index in [9.17, 15) is 9.59 Å². The minimum atomic E-state index is -0.771. The highest BCUT2D eigenvalue weighted by atomic mass is 16.4. The molecule has 0 spiro atoms. The molecule has 2 bridgehead atoms. The molecule has 1 saturated heterocycles. The second-order valence-electron chi connectivity index (χ2n) is 6.49. The monoisotopic (exact) mass is 266 g/mol. The molecule has 2 saturated carbocycles. The molecule has 0 aromatic heterocycles. The molecule has 0 radical (unpaired) electrons. The van der Waals surface area contributed by atoms with Gasteiger partial charge in [-0.2, -0.15) is 0 Å². The normalized spacial score (nSPS) is 33.3. The zero-order valence-corrected chi connectivity index (χ0v) is 11.2. The van der Waals surface area contributed by atoms with Crippen molar-refractivity contribution in [2.24, 2.45) is 23.7 Å². The summed E-state index contributed by atoms with van der Waals surface area (Å²) >= 11 is 0. The van der Waals surface area contributed by atoms with Crippen LogP contribution in [0.1, 0.15) is 32.1 Å². The summed E-state index contributed by atoms with van der Waals surface area (Å²) in [4.78, 5) is 24.1. The van der Waals surface area contributed by atoms with Crippen LogP contribution in [0.2, 0.25) is 0 Å². The highest BCUT2D eigenvalue weighted by Gasteiger charge is 2.40. The lowest BCUT2D eigenvalue weighted by atomic mass is 9.89. The number of amides is 2. The van der Waals surface area contributed by atoms with Gasteiger partial charge in [0.25, 0.3) is 0 Å². The summed E-state index contributed by atoms with van der Waals surface area (Å²) in [6, 6.07) is -0.00980. The van der Waals surface area contributed by atoms with Crippen molar-refractivity contribution in [1.82, 2.24) is 10.2 Å². The first-order chi connectivity index (χ1) is 9.11. The maximum absolute atomic E-state index is 11.9. The van der Waals surface area contributed by atoms with E-state index in [0.29, 0.717) is 19.0 Å². The van der Waals surface area contributed by atoms with Gasteiger partial charge in [-0.05, 0) is 37.0 Å². The average Bonchev–Trinajstić information content (AvgIpc) is 2.91. The molecule has 3 rings (SSSR count). The van der Waals surface area contributed by atoms with Crippen molar-refractivity contribution in [2.45, 2.75) is 32.1 Å². The molecule has 5 heteroatoms. The van der Waals surface area contributed by atoms with Gasteiger partial charge in [-0.3, -0.25) is 4.79 Å². The second-order valence-corrected chi connectivity index (χ2v) is 6.49. The quantitative estimate of drug-likeness (QED) is 0.811. The number of hydrogen-bond acceptors (Lipinski definition) is 2. The van der Waals surface area contributed by atoms with Crippen LogP contribution in [0.4, 0.5) is 4.79 Å². The van der Waals surface area contributed by atoms with E-state index in [0.717, 1.165) is 18.4 Å². The largest absolute Gasteiger partial charge is 0.481 e. The van der Waals surface area contributed by atoms with Crippen molar-refractivity contribution in [2.75, 3.05) is 19.6 Å². The Morgan fingerprint density at radius 3 is 2.58 bits per heavy atom. The van der Waals surface area contributed by atoms with E-state index in [1.54, 1.807) is 4.90 Å². The fourth-order valence-corrected chi connectivity index (χ4v) is 4.07. The number of carbonyl (C=O) groups excluding carboxylic acids is 1. The fraction of sp³-hybridized carbons (Fsp3) is 0.857. The number of nitrogens with one attached hydrogen (secondary N) is 1. The first-order valence-corrected chi connectivity index (χ1v) is 7.36. The van der Waals surface area contributed by atoms with Gasteiger partial charge in [-0.15, -0.1) is 0 Å². The lowest BCUT2D eigenvalue weighted by Gasteiger charge is -2.38. The van der Waals surface area contributed by atoms with E-state index in [-0.39, 0.29) is 18.4 Å². The molecular formula is C14H22N2O3. The highest BCUT2D eigenvalue weighted by molar-refractivity contribution is 5.75. The number of aliphatic carboxylic acids is 1. The molecule has 2 amide bonds. The number of fused-ring (bicyclic) bond motifs is 2. The van der Waals surface area contributed by atoms with E-state index < -0.39 is 5.97 Å². The molecule has 1 heterocycles. The zero-order valence-electron chi connectivity index (χ0n) is 11.2. The molecule has 3 aliphatic rings. The number of likely N-dealkylation sites (tertiary alicyclic amines) is 1. The Morgan fingerprint density at radius 2 is 2.00 bits per heavy atom. The smallest absolute Gasteiger partial charge is 0.317 e. The van der Waals surface area contributed by atoms with Gasteiger partial charge in [0.15, 0.2) is 0 Å². The molecule has 5 nitrogen and oxygen atoms in total. The maximum atomic E-state index is 11.9. The predicted octanol–water partition coefficient (Wildman–Crippen LogP) is 1.54. The second kappa shape index (κ2) is 5.02. The number of carbonyl (C=O) groups is 2. The summed E-state index contributed by atoms with van der Waals surface area (Å²) < 4.78 is 0. The number of rotatable bonds is 4. The SMILES string of the molecule is O=C(O)CC1CN(C(=O)NCC2CC3CCC2C3)C1. The van der Waals surface area contributed by atoms with Gasteiger partial charge in [-0.25, -0.2) is 4.79 Å². The van der Waals surface area contributed by atoms with Crippen LogP contribution >= 0.6 is 0 Å². The van der Waals surface area contributed by atoms with E-state index in [2.05, 4.69) is 5.32 Å². The van der Waals surface area contributed by atoms with Crippen LogP contribution in [-0.4, -0.2) is 41.6 Å². The Labute approximate surface area is 113 Å². The van der Waals surface area contributed by atoms with E-state index in [1.807, 2.05) is 0 Å². The minimum absolute atomic E-state index is 0.00980. The molecule has 106 valence electrons. The fourth-order valence-electron chi connectivity index (χ4n) is 4.07. The van der Waals surface area contributed by atoms with E-state index >= 15 is 0 Å². The number of carboxylic acids is 1. The third-order valence-electron chi connectivity index (χ3n) is 5.11. The van der Waals surface area contributed by atoms with Crippen molar-refractivity contribution >= 4 is 12.0 Å². The van der Waals surface area contributed by atoms with E-state index in [1.165, 1.54) is 25.7 Å². The summed E-state index contributed by atoms with van der Waals surface area (Å²) in [6.45, 7) is 1.99. The summed E-state index contributed by atoms with van der Waals surface area (Å²) in [5, 5.41) is 11.7. The van der Waals surface area contributed by atoms with Gasteiger partial charge in [0.1, 0.15) is 0 Å². The number of hydrogen-bond donors (Lipinski definition) is 2. The molecule has 1 aliphatic heterocycles. The van der Waals surface area contributed by atoms with Gasteiger partial charge in [-0.1, -0.05) is 6.42 Å². The Balaban J connectivity index is 1.35. The number of nitrogens with zero attached hydrogens (tertiary/aromatic N) is 1. The molecule has 0 aromatic carbocycles. The van der Waals surface area contributed by atoms with Gasteiger partial charge in [0.05, 0.1) is 6.42 Å². The van der Waals surface area contributed by atoms with Crippen LogP contribution in [0, 0.1) is 23.7 Å². The Morgan fingerprint density at radius 1 is 1.21 bits per heavy atom. The van der Waals surface area contributed by atoms with Crippen LogP contribution in [0.3, 0.4) is 0 Å². The van der Waals surface area contributed by atoms with Gasteiger partial charge >= 0.3 is 12.0 Å². The molecule has 3 unspecified atom stereocenters. The molecule has 2 aliphatic carbocycles. The minimum Gasteiger partial charge on any atom is -0.481 e. The summed E-state index contributed by atoms with van der Waals surface area (Å²) in [7, 11) is 0. The lowest BCUT2D eigenvalue weighted by Crippen LogP contribution is -2.54.